The molecule has 0 aliphatic rings. The van der Waals surface area contributed by atoms with Crippen LogP contribution in [0.4, 0.5) is 0 Å². The molecule has 6 aromatic rings. The predicted molar refractivity (Wildman–Crippen MR) is 256 cm³/mol. The second-order valence-corrected chi connectivity index (χ2v) is 13.2. The maximum absolute atomic E-state index is 9.72. The summed E-state index contributed by atoms with van der Waals surface area (Å²) in [5, 5.41) is 22.5. The molecule has 0 aliphatic carbocycles. The van der Waals surface area contributed by atoms with Gasteiger partial charge in [-0.2, -0.15) is 0 Å². The Kier molecular flexibility index (Phi) is 21.2. The molecule has 6 aromatic carbocycles. The largest absolute Gasteiger partial charge is 0.508 e. The Morgan fingerprint density at radius 2 is 0.828 bits per heavy atom. The molecule has 5 N–H and O–H groups in total. The number of hydrogen-bond acceptors (Lipinski definition) is 6. The SMILES string of the molecule is CC/C(=C(\c1ccc(O)cc1)c1ccc(OCCCl)cc1)c1ccccc1.CC/C(=C(\c1ccc(O)cc1)c1ccc(OCCNC)cc1)c1ccccc1.CN.I. The van der Waals surface area contributed by atoms with Gasteiger partial charge in [-0.15, -0.1) is 35.6 Å². The van der Waals surface area contributed by atoms with Gasteiger partial charge in [0.1, 0.15) is 36.2 Å². The Hall–Kier alpha value is -5.06. The molecule has 0 radical (unpaired) electrons. The van der Waals surface area contributed by atoms with E-state index in [9.17, 15) is 10.2 Å². The summed E-state index contributed by atoms with van der Waals surface area (Å²) in [7, 11) is 3.41. The third kappa shape index (κ3) is 13.8. The van der Waals surface area contributed by atoms with Gasteiger partial charge in [0, 0.05) is 6.54 Å². The van der Waals surface area contributed by atoms with E-state index in [1.54, 1.807) is 24.3 Å². The van der Waals surface area contributed by atoms with E-state index in [1.807, 2.05) is 67.7 Å². The normalized spacial score (nSPS) is 11.3. The monoisotopic (exact) mass is 910 g/mol. The number of allylic oxidation sites excluding steroid dienone is 2. The first-order chi connectivity index (χ1) is 27.9. The van der Waals surface area contributed by atoms with Gasteiger partial charge in [-0.3, -0.25) is 0 Å². The fourth-order valence-electron chi connectivity index (χ4n) is 6.48. The number of phenols is 2. The molecule has 0 spiro atoms. The maximum atomic E-state index is 9.72. The standard InChI is InChI=1S/C25H27NO2.C24H23ClO2.CH5N.HI/c1-3-24(19-7-5-4-6-8-19)25(20-9-13-22(27)14-10-20)21-11-15-23(16-12-21)28-18-17-26-2;1-2-23(18-6-4-3-5-7-18)24(19-8-12-21(26)13-9-19)20-10-14-22(15-11-20)27-17-16-25;1-2;/h4-16,26-27H,3,17-18H2,1-2H3;3-15,26H,2,16-17H2,1H3;2H2,1H3;1H/b25-24-;24-23-;;. The summed E-state index contributed by atoms with van der Waals surface area (Å²) in [6, 6.07) is 52.0. The average Bonchev–Trinajstić information content (AvgIpc) is 3.27. The van der Waals surface area contributed by atoms with Crippen LogP contribution in [-0.4, -0.2) is 49.9 Å². The molecule has 6 nitrogen and oxygen atoms in total. The van der Waals surface area contributed by atoms with Crippen molar-refractivity contribution in [3.63, 3.8) is 0 Å². The fourth-order valence-corrected chi connectivity index (χ4v) is 6.56. The highest BCUT2D eigenvalue weighted by atomic mass is 127. The van der Waals surface area contributed by atoms with E-state index in [4.69, 9.17) is 21.1 Å². The molecule has 0 amide bonds. The zero-order chi connectivity index (χ0) is 40.8. The van der Waals surface area contributed by atoms with Crippen molar-refractivity contribution in [1.82, 2.24) is 5.32 Å². The van der Waals surface area contributed by atoms with Crippen LogP contribution in [0.5, 0.6) is 23.0 Å². The second-order valence-electron chi connectivity index (χ2n) is 12.8. The van der Waals surface area contributed by atoms with Crippen LogP contribution >= 0.6 is 35.6 Å². The van der Waals surface area contributed by atoms with Crippen LogP contribution in [0.15, 0.2) is 158 Å². The minimum absolute atomic E-state index is 0. The van der Waals surface area contributed by atoms with Crippen LogP contribution in [0, 0.1) is 0 Å². The topological polar surface area (TPSA) is 97.0 Å². The molecule has 8 heteroatoms. The molecule has 0 heterocycles. The van der Waals surface area contributed by atoms with Crippen LogP contribution in [0.1, 0.15) is 60.1 Å². The lowest BCUT2D eigenvalue weighted by Gasteiger charge is -2.17. The number of benzene rings is 6. The Morgan fingerprint density at radius 1 is 0.500 bits per heavy atom. The van der Waals surface area contributed by atoms with Crippen molar-refractivity contribution in [2.75, 3.05) is 39.7 Å². The molecule has 0 fully saturated rings. The molecule has 0 saturated carbocycles. The highest BCUT2D eigenvalue weighted by Gasteiger charge is 2.15. The molecule has 0 bridgehead atoms. The number of ether oxygens (including phenoxy) is 2. The summed E-state index contributed by atoms with van der Waals surface area (Å²) in [5.41, 5.74) is 16.2. The van der Waals surface area contributed by atoms with E-state index in [0.717, 1.165) is 58.7 Å². The first-order valence-corrected chi connectivity index (χ1v) is 19.9. The lowest BCUT2D eigenvalue weighted by molar-refractivity contribution is 0.318. The highest BCUT2D eigenvalue weighted by Crippen LogP contribution is 2.37. The lowest BCUT2D eigenvalue weighted by atomic mass is 9.88. The number of aromatic hydroxyl groups is 2. The average molecular weight is 911 g/mol. The number of nitrogens with one attached hydrogen (secondary N) is 1. The van der Waals surface area contributed by atoms with Crippen molar-refractivity contribution in [3.05, 3.63) is 191 Å². The Morgan fingerprint density at radius 3 is 1.14 bits per heavy atom. The van der Waals surface area contributed by atoms with Crippen LogP contribution in [0.25, 0.3) is 22.3 Å². The van der Waals surface area contributed by atoms with Gasteiger partial charge < -0.3 is 30.7 Å². The molecular weight excluding hydrogens is 855 g/mol. The molecule has 58 heavy (non-hydrogen) atoms. The highest BCUT2D eigenvalue weighted by molar-refractivity contribution is 14.0. The van der Waals surface area contributed by atoms with E-state index in [1.165, 1.54) is 34.9 Å². The van der Waals surface area contributed by atoms with E-state index < -0.39 is 0 Å². The number of likely N-dealkylation sites (N-methyl/N-ethyl adjacent to an activating group) is 1. The van der Waals surface area contributed by atoms with Crippen molar-refractivity contribution in [3.8, 4) is 23.0 Å². The molecule has 0 aliphatic heterocycles. The minimum atomic E-state index is 0. The van der Waals surface area contributed by atoms with Crippen LogP contribution in [-0.2, 0) is 0 Å². The molecule has 0 atom stereocenters. The maximum Gasteiger partial charge on any atom is 0.119 e. The molecule has 0 saturated heterocycles. The van der Waals surface area contributed by atoms with Crippen molar-refractivity contribution in [2.24, 2.45) is 5.73 Å². The third-order valence-electron chi connectivity index (χ3n) is 9.12. The van der Waals surface area contributed by atoms with Gasteiger partial charge in [0.25, 0.3) is 0 Å². The van der Waals surface area contributed by atoms with Gasteiger partial charge in [0.15, 0.2) is 0 Å². The van der Waals surface area contributed by atoms with Gasteiger partial charge >= 0.3 is 0 Å². The third-order valence-corrected chi connectivity index (χ3v) is 9.27. The van der Waals surface area contributed by atoms with Crippen molar-refractivity contribution >= 4 is 57.9 Å². The molecule has 0 unspecified atom stereocenters. The smallest absolute Gasteiger partial charge is 0.119 e. The van der Waals surface area contributed by atoms with Crippen LogP contribution in [0.3, 0.4) is 0 Å². The number of alkyl halides is 1. The number of nitrogens with two attached hydrogens (primary N) is 1. The molecule has 304 valence electrons. The summed E-state index contributed by atoms with van der Waals surface area (Å²) in [6.07, 6.45) is 1.80. The molecule has 0 aromatic heterocycles. The second kappa shape index (κ2) is 26.0. The number of halogens is 2. The summed E-state index contributed by atoms with van der Waals surface area (Å²) >= 11 is 5.70. The first-order valence-electron chi connectivity index (χ1n) is 19.4. The van der Waals surface area contributed by atoms with E-state index in [0.29, 0.717) is 19.1 Å². The minimum Gasteiger partial charge on any atom is -0.508 e. The van der Waals surface area contributed by atoms with Gasteiger partial charge in [-0.1, -0.05) is 123 Å². The quantitative estimate of drug-likeness (QED) is 0.0355. The van der Waals surface area contributed by atoms with E-state index >= 15 is 0 Å². The summed E-state index contributed by atoms with van der Waals surface area (Å²) in [6.45, 7) is 6.29. The zero-order valence-electron chi connectivity index (χ0n) is 33.8. The van der Waals surface area contributed by atoms with Crippen LogP contribution in [0.2, 0.25) is 0 Å². The first kappa shape index (κ1) is 47.3. The van der Waals surface area contributed by atoms with Gasteiger partial charge in [-0.05, 0) is 131 Å². The Labute approximate surface area is 367 Å². The summed E-state index contributed by atoms with van der Waals surface area (Å²) < 4.78 is 11.4. The number of phenolic OH excluding ortho intramolecular Hbond substituents is 2. The Balaban J connectivity index is 0.000000293. The Bertz CT molecular complexity index is 2110. The van der Waals surface area contributed by atoms with E-state index in [-0.39, 0.29) is 35.5 Å². The van der Waals surface area contributed by atoms with Crippen molar-refractivity contribution in [1.29, 1.82) is 0 Å². The lowest BCUT2D eigenvalue weighted by Crippen LogP contribution is -2.15. The summed E-state index contributed by atoms with van der Waals surface area (Å²) in [4.78, 5) is 0. The van der Waals surface area contributed by atoms with Crippen molar-refractivity contribution < 1.29 is 19.7 Å². The van der Waals surface area contributed by atoms with E-state index in [2.05, 4.69) is 97.7 Å². The summed E-state index contributed by atoms with van der Waals surface area (Å²) in [5.74, 6) is 2.67. The van der Waals surface area contributed by atoms with Gasteiger partial charge in [0.2, 0.25) is 0 Å². The molecule has 6 rings (SSSR count). The number of rotatable bonds is 15. The predicted octanol–water partition coefficient (Wildman–Crippen LogP) is 11.9. The van der Waals surface area contributed by atoms with Gasteiger partial charge in [0.05, 0.1) is 5.88 Å². The van der Waals surface area contributed by atoms with Crippen molar-refractivity contribution in [2.45, 2.75) is 26.7 Å². The zero-order valence-corrected chi connectivity index (χ0v) is 36.9. The molecular formula is C50H56ClIN2O4. The van der Waals surface area contributed by atoms with Crippen LogP contribution < -0.4 is 20.5 Å². The number of hydrogen-bond donors (Lipinski definition) is 4. The fraction of sp³-hybridized carbons (Fsp3) is 0.200. The van der Waals surface area contributed by atoms with Gasteiger partial charge in [-0.25, -0.2) is 0 Å².